The van der Waals surface area contributed by atoms with Crippen molar-refractivity contribution in [3.63, 3.8) is 0 Å². The van der Waals surface area contributed by atoms with E-state index < -0.39 is 10.0 Å². The van der Waals surface area contributed by atoms with Crippen LogP contribution in [0.4, 0.5) is 5.95 Å². The van der Waals surface area contributed by atoms with Gasteiger partial charge in [0.15, 0.2) is 0 Å². The highest BCUT2D eigenvalue weighted by molar-refractivity contribution is 7.89. The third-order valence-corrected chi connectivity index (χ3v) is 8.19. The van der Waals surface area contributed by atoms with Gasteiger partial charge in [0.25, 0.3) is 0 Å². The maximum Gasteiger partial charge on any atom is 0.241 e. The van der Waals surface area contributed by atoms with Crippen molar-refractivity contribution in [1.82, 2.24) is 19.6 Å². The second kappa shape index (κ2) is 9.82. The van der Waals surface area contributed by atoms with E-state index in [4.69, 9.17) is 4.98 Å². The summed E-state index contributed by atoms with van der Waals surface area (Å²) in [5.74, 6) is 0.750. The van der Waals surface area contributed by atoms with Gasteiger partial charge < -0.3 is 4.90 Å². The van der Waals surface area contributed by atoms with Crippen molar-refractivity contribution in [1.29, 1.82) is 0 Å². The Morgan fingerprint density at radius 2 is 1.74 bits per heavy atom. The van der Waals surface area contributed by atoms with Crippen molar-refractivity contribution in [2.75, 3.05) is 31.1 Å². The molecule has 2 aromatic carbocycles. The van der Waals surface area contributed by atoms with Crippen LogP contribution >= 0.6 is 0 Å². The number of benzene rings is 2. The minimum absolute atomic E-state index is 0.288. The van der Waals surface area contributed by atoms with Crippen LogP contribution in [0.1, 0.15) is 41.3 Å². The summed E-state index contributed by atoms with van der Waals surface area (Å²) in [6.07, 6.45) is 4.32. The zero-order valence-electron chi connectivity index (χ0n) is 19.5. The highest BCUT2D eigenvalue weighted by atomic mass is 32.2. The molecule has 1 aromatic heterocycles. The number of rotatable bonds is 6. The first-order valence-electron chi connectivity index (χ1n) is 11.9. The summed E-state index contributed by atoms with van der Waals surface area (Å²) in [5.41, 5.74) is 4.22. The van der Waals surface area contributed by atoms with Crippen LogP contribution < -0.4 is 9.62 Å². The lowest BCUT2D eigenvalue weighted by Gasteiger charge is -2.35. The Kier molecular flexibility index (Phi) is 6.63. The maximum atomic E-state index is 12.9. The van der Waals surface area contributed by atoms with Crippen LogP contribution in [0.5, 0.6) is 0 Å². The SMILES string of the molecule is Cc1ccc(S(=O)(=O)NC2CCCc3nc(N4CCN(Cc5ccccc5)CC4)ncc32)cc1. The molecule has 1 fully saturated rings. The molecule has 1 aliphatic carbocycles. The second-order valence-electron chi connectivity index (χ2n) is 9.20. The third kappa shape index (κ3) is 5.14. The quantitative estimate of drug-likeness (QED) is 0.586. The Balaban J connectivity index is 1.25. The molecule has 1 N–H and O–H groups in total. The van der Waals surface area contributed by atoms with Crippen molar-refractivity contribution in [3.05, 3.63) is 83.2 Å². The molecule has 0 radical (unpaired) electrons. The van der Waals surface area contributed by atoms with Gasteiger partial charge in [-0.2, -0.15) is 0 Å². The van der Waals surface area contributed by atoms with Gasteiger partial charge in [-0.15, -0.1) is 0 Å². The number of nitrogens with one attached hydrogen (secondary N) is 1. The number of sulfonamides is 1. The highest BCUT2D eigenvalue weighted by Crippen LogP contribution is 2.31. The summed E-state index contributed by atoms with van der Waals surface area (Å²) in [7, 11) is -3.60. The third-order valence-electron chi connectivity index (χ3n) is 6.70. The summed E-state index contributed by atoms with van der Waals surface area (Å²) in [5, 5.41) is 0. The van der Waals surface area contributed by atoms with Crippen LogP contribution in [-0.4, -0.2) is 49.5 Å². The first kappa shape index (κ1) is 23.0. The van der Waals surface area contributed by atoms with E-state index in [-0.39, 0.29) is 10.9 Å². The van der Waals surface area contributed by atoms with Crippen molar-refractivity contribution < 1.29 is 8.42 Å². The lowest BCUT2D eigenvalue weighted by atomic mass is 9.93. The maximum absolute atomic E-state index is 12.9. The van der Waals surface area contributed by atoms with Gasteiger partial charge in [0.1, 0.15) is 0 Å². The molecule has 34 heavy (non-hydrogen) atoms. The summed E-state index contributed by atoms with van der Waals surface area (Å²) in [6, 6.07) is 17.2. The predicted octanol–water partition coefficient (Wildman–Crippen LogP) is 3.46. The van der Waals surface area contributed by atoms with Gasteiger partial charge in [-0.25, -0.2) is 23.1 Å². The van der Waals surface area contributed by atoms with Crippen LogP contribution in [0.3, 0.4) is 0 Å². The molecule has 3 aromatic rings. The Bertz CT molecular complexity index is 1220. The predicted molar refractivity (Wildman–Crippen MR) is 133 cm³/mol. The van der Waals surface area contributed by atoms with Gasteiger partial charge in [0.2, 0.25) is 16.0 Å². The first-order valence-corrected chi connectivity index (χ1v) is 13.4. The van der Waals surface area contributed by atoms with E-state index in [1.54, 1.807) is 12.1 Å². The molecule has 1 aliphatic heterocycles. The number of anilines is 1. The Morgan fingerprint density at radius 3 is 2.47 bits per heavy atom. The summed E-state index contributed by atoms with van der Waals surface area (Å²) < 4.78 is 28.8. The lowest BCUT2D eigenvalue weighted by Crippen LogP contribution is -2.46. The molecule has 2 aliphatic rings. The molecule has 0 spiro atoms. The Hall–Kier alpha value is -2.81. The fraction of sp³-hybridized carbons (Fsp3) is 0.385. The average molecular weight is 478 g/mol. The minimum Gasteiger partial charge on any atom is -0.338 e. The van der Waals surface area contributed by atoms with Crippen molar-refractivity contribution in [2.24, 2.45) is 0 Å². The molecule has 8 heteroatoms. The van der Waals surface area contributed by atoms with Crippen LogP contribution in [0.25, 0.3) is 0 Å². The summed E-state index contributed by atoms with van der Waals surface area (Å²) in [6.45, 7) is 6.61. The molecular formula is C26H31N5O2S. The van der Waals surface area contributed by atoms with Gasteiger partial charge in [-0.3, -0.25) is 4.90 Å². The normalized spacial score (nSPS) is 19.1. The largest absolute Gasteiger partial charge is 0.338 e. The Labute approximate surface area is 201 Å². The monoisotopic (exact) mass is 477 g/mol. The molecule has 1 atom stereocenters. The van der Waals surface area contributed by atoms with Gasteiger partial charge in [0, 0.05) is 44.5 Å². The number of hydrogen-bond donors (Lipinski definition) is 1. The molecule has 1 saturated heterocycles. The van der Waals surface area contributed by atoms with Crippen LogP contribution in [-0.2, 0) is 23.0 Å². The van der Waals surface area contributed by atoms with E-state index in [2.05, 4.69) is 43.8 Å². The van der Waals surface area contributed by atoms with Crippen molar-refractivity contribution in [2.45, 2.75) is 43.7 Å². The van der Waals surface area contributed by atoms with Crippen molar-refractivity contribution in [3.8, 4) is 0 Å². The topological polar surface area (TPSA) is 78.4 Å². The molecular weight excluding hydrogens is 446 g/mol. The first-order chi connectivity index (χ1) is 16.5. The fourth-order valence-corrected chi connectivity index (χ4v) is 5.98. The van der Waals surface area contributed by atoms with E-state index in [0.29, 0.717) is 0 Å². The number of fused-ring (bicyclic) bond motifs is 1. The van der Waals surface area contributed by atoms with Crippen LogP contribution in [0.15, 0.2) is 65.7 Å². The zero-order valence-corrected chi connectivity index (χ0v) is 20.3. The van der Waals surface area contributed by atoms with Crippen LogP contribution in [0.2, 0.25) is 0 Å². The van der Waals surface area contributed by atoms with E-state index >= 15 is 0 Å². The van der Waals surface area contributed by atoms with E-state index in [9.17, 15) is 8.42 Å². The molecule has 178 valence electrons. The smallest absolute Gasteiger partial charge is 0.241 e. The van der Waals surface area contributed by atoms with E-state index in [1.807, 2.05) is 31.3 Å². The average Bonchev–Trinajstić information content (AvgIpc) is 2.85. The van der Waals surface area contributed by atoms with Gasteiger partial charge >= 0.3 is 0 Å². The van der Waals surface area contributed by atoms with E-state index in [1.165, 1.54) is 5.56 Å². The number of hydrogen-bond acceptors (Lipinski definition) is 6. The fourth-order valence-electron chi connectivity index (χ4n) is 4.73. The highest BCUT2D eigenvalue weighted by Gasteiger charge is 2.28. The molecule has 1 unspecified atom stereocenters. The number of piperazine rings is 1. The van der Waals surface area contributed by atoms with E-state index in [0.717, 1.165) is 74.8 Å². The minimum atomic E-state index is -3.60. The van der Waals surface area contributed by atoms with Gasteiger partial charge in [0.05, 0.1) is 16.6 Å². The molecule has 0 bridgehead atoms. The molecule has 0 amide bonds. The molecule has 7 nitrogen and oxygen atoms in total. The summed E-state index contributed by atoms with van der Waals surface area (Å²) in [4.78, 5) is 14.5. The number of nitrogens with zero attached hydrogens (tertiary/aromatic N) is 4. The number of aryl methyl sites for hydroxylation is 2. The Morgan fingerprint density at radius 1 is 1.00 bits per heavy atom. The van der Waals surface area contributed by atoms with Gasteiger partial charge in [-0.1, -0.05) is 48.0 Å². The molecule has 2 heterocycles. The molecule has 5 rings (SSSR count). The summed E-state index contributed by atoms with van der Waals surface area (Å²) >= 11 is 0. The standard InChI is InChI=1S/C26H31N5O2S/c1-20-10-12-22(13-11-20)34(32,33)29-25-9-5-8-24-23(25)18-27-26(28-24)31-16-14-30(15-17-31)19-21-6-3-2-4-7-21/h2-4,6-7,10-13,18,25,29H,5,8-9,14-17,19H2,1H3. The zero-order chi connectivity index (χ0) is 23.5. The number of aromatic nitrogens is 2. The van der Waals surface area contributed by atoms with Gasteiger partial charge in [-0.05, 0) is 43.9 Å². The lowest BCUT2D eigenvalue weighted by molar-refractivity contribution is 0.248. The molecule has 0 saturated carbocycles. The van der Waals surface area contributed by atoms with Crippen molar-refractivity contribution >= 4 is 16.0 Å². The second-order valence-corrected chi connectivity index (χ2v) is 10.9. The van der Waals surface area contributed by atoms with Crippen LogP contribution in [0, 0.1) is 6.92 Å².